The molecule has 0 saturated carbocycles. The second-order valence-electron chi connectivity index (χ2n) is 7.12. The van der Waals surface area contributed by atoms with E-state index in [0.717, 1.165) is 60.8 Å². The molecule has 0 aliphatic carbocycles. The van der Waals surface area contributed by atoms with E-state index in [1.165, 1.54) is 0 Å². The van der Waals surface area contributed by atoms with Gasteiger partial charge in [0.25, 0.3) is 5.56 Å². The van der Waals surface area contributed by atoms with Gasteiger partial charge >= 0.3 is 0 Å². The third-order valence-corrected chi connectivity index (χ3v) is 6.45. The maximum Gasteiger partial charge on any atom is 0.267 e. The van der Waals surface area contributed by atoms with Gasteiger partial charge in [0.15, 0.2) is 0 Å². The normalized spacial score (nSPS) is 20.3. The van der Waals surface area contributed by atoms with Crippen LogP contribution in [-0.2, 0) is 32.3 Å². The fourth-order valence-electron chi connectivity index (χ4n) is 3.87. The number of hydrogen-bond donors (Lipinski definition) is 0. The van der Waals surface area contributed by atoms with Crippen LogP contribution in [0.5, 0.6) is 0 Å². The summed E-state index contributed by atoms with van der Waals surface area (Å²) >= 11 is 1.86. The topological polar surface area (TPSA) is 60.1 Å². The van der Waals surface area contributed by atoms with Crippen LogP contribution in [0, 0.1) is 0 Å². The summed E-state index contributed by atoms with van der Waals surface area (Å²) < 4.78 is 3.36. The highest BCUT2D eigenvalue weighted by Crippen LogP contribution is 2.23. The minimum absolute atomic E-state index is 0.00483. The van der Waals surface area contributed by atoms with Crippen LogP contribution in [0.2, 0.25) is 0 Å². The number of pyridine rings is 1. The predicted molar refractivity (Wildman–Crippen MR) is 103 cm³/mol. The molecule has 26 heavy (non-hydrogen) atoms. The van der Waals surface area contributed by atoms with Crippen molar-refractivity contribution < 1.29 is 0 Å². The van der Waals surface area contributed by atoms with Crippen molar-refractivity contribution in [2.45, 2.75) is 44.1 Å². The van der Waals surface area contributed by atoms with Crippen molar-refractivity contribution in [1.29, 1.82) is 0 Å². The summed E-state index contributed by atoms with van der Waals surface area (Å²) in [4.78, 5) is 26.7. The van der Waals surface area contributed by atoms with Crippen LogP contribution in [-0.4, -0.2) is 37.6 Å². The van der Waals surface area contributed by atoms with Crippen LogP contribution in [0.1, 0.15) is 29.8 Å². The van der Waals surface area contributed by atoms with E-state index in [9.17, 15) is 9.59 Å². The van der Waals surface area contributed by atoms with E-state index in [0.29, 0.717) is 6.54 Å². The van der Waals surface area contributed by atoms with Crippen LogP contribution < -0.4 is 11.1 Å². The standard InChI is InChI=1S/C19H24N4O2S/c1-21-15(4-2-6-18(21)24)11-22-8-3-5-16(22)12-23-19(25)10-14-13-26-9-7-17(14)20-23/h2,4,6,10,16H,3,5,7-9,11-13H2,1H3. The molecule has 4 heterocycles. The number of rotatable bonds is 4. The van der Waals surface area contributed by atoms with Crippen molar-refractivity contribution >= 4 is 11.8 Å². The van der Waals surface area contributed by atoms with Crippen molar-refractivity contribution in [3.63, 3.8) is 0 Å². The van der Waals surface area contributed by atoms with Crippen LogP contribution in [0.25, 0.3) is 0 Å². The first kappa shape index (κ1) is 17.5. The second-order valence-corrected chi connectivity index (χ2v) is 8.23. The monoisotopic (exact) mass is 372 g/mol. The van der Waals surface area contributed by atoms with Crippen LogP contribution in [0.3, 0.4) is 0 Å². The minimum atomic E-state index is 0.00483. The summed E-state index contributed by atoms with van der Waals surface area (Å²) in [5.74, 6) is 1.98. The predicted octanol–water partition coefficient (Wildman–Crippen LogP) is 1.40. The molecule has 2 aromatic rings. The summed E-state index contributed by atoms with van der Waals surface area (Å²) in [6.07, 6.45) is 3.12. The molecule has 0 spiro atoms. The molecule has 2 aromatic heterocycles. The van der Waals surface area contributed by atoms with E-state index in [2.05, 4.69) is 10.00 Å². The third kappa shape index (κ3) is 3.50. The number of aryl methyl sites for hydroxylation is 1. The highest BCUT2D eigenvalue weighted by Gasteiger charge is 2.26. The number of nitrogens with zero attached hydrogens (tertiary/aromatic N) is 4. The molecule has 1 unspecified atom stereocenters. The van der Waals surface area contributed by atoms with Gasteiger partial charge < -0.3 is 4.57 Å². The van der Waals surface area contributed by atoms with E-state index in [1.54, 1.807) is 21.4 Å². The molecular weight excluding hydrogens is 348 g/mol. The molecule has 0 N–H and O–H groups in total. The zero-order valence-electron chi connectivity index (χ0n) is 15.1. The summed E-state index contributed by atoms with van der Waals surface area (Å²) in [6, 6.07) is 7.45. The highest BCUT2D eigenvalue weighted by molar-refractivity contribution is 7.98. The zero-order chi connectivity index (χ0) is 18.1. The van der Waals surface area contributed by atoms with E-state index in [-0.39, 0.29) is 17.2 Å². The molecular formula is C19H24N4O2S. The smallest absolute Gasteiger partial charge is 0.267 e. The fraction of sp³-hybridized carbons (Fsp3) is 0.526. The van der Waals surface area contributed by atoms with Gasteiger partial charge in [-0.15, -0.1) is 0 Å². The first-order valence-electron chi connectivity index (χ1n) is 9.18. The van der Waals surface area contributed by atoms with Crippen molar-refractivity contribution in [2.24, 2.45) is 7.05 Å². The van der Waals surface area contributed by atoms with E-state index >= 15 is 0 Å². The van der Waals surface area contributed by atoms with E-state index in [4.69, 9.17) is 0 Å². The molecule has 2 aliphatic rings. The lowest BCUT2D eigenvalue weighted by atomic mass is 10.2. The van der Waals surface area contributed by atoms with E-state index < -0.39 is 0 Å². The lowest BCUT2D eigenvalue weighted by Crippen LogP contribution is -2.38. The molecule has 0 aromatic carbocycles. The second kappa shape index (κ2) is 7.40. The number of likely N-dealkylation sites (tertiary alicyclic amines) is 1. The average molecular weight is 372 g/mol. The molecule has 1 atom stereocenters. The molecule has 7 heteroatoms. The van der Waals surface area contributed by atoms with E-state index in [1.807, 2.05) is 30.9 Å². The zero-order valence-corrected chi connectivity index (χ0v) is 15.9. The number of fused-ring (bicyclic) bond motifs is 1. The molecule has 2 aliphatic heterocycles. The van der Waals surface area contributed by atoms with Gasteiger partial charge in [0.05, 0.1) is 12.2 Å². The van der Waals surface area contributed by atoms with Crippen molar-refractivity contribution in [2.75, 3.05) is 12.3 Å². The lowest BCUT2D eigenvalue weighted by molar-refractivity contribution is 0.211. The third-order valence-electron chi connectivity index (χ3n) is 5.44. The summed E-state index contributed by atoms with van der Waals surface area (Å²) in [6.45, 7) is 2.34. The average Bonchev–Trinajstić information content (AvgIpc) is 3.06. The van der Waals surface area contributed by atoms with Gasteiger partial charge in [-0.05, 0) is 36.8 Å². The van der Waals surface area contributed by atoms with Gasteiger partial charge in [-0.1, -0.05) is 6.07 Å². The molecule has 138 valence electrons. The Morgan fingerprint density at radius 1 is 1.27 bits per heavy atom. The molecule has 4 rings (SSSR count). The largest absolute Gasteiger partial charge is 0.314 e. The molecule has 0 bridgehead atoms. The Bertz CT molecular complexity index is 920. The van der Waals surface area contributed by atoms with Gasteiger partial charge in [0.2, 0.25) is 5.56 Å². The Morgan fingerprint density at radius 2 is 2.15 bits per heavy atom. The highest BCUT2D eigenvalue weighted by atomic mass is 32.2. The maximum absolute atomic E-state index is 12.5. The van der Waals surface area contributed by atoms with Crippen molar-refractivity contribution in [1.82, 2.24) is 19.2 Å². The Morgan fingerprint density at radius 3 is 3.04 bits per heavy atom. The Balaban J connectivity index is 1.53. The number of hydrogen-bond acceptors (Lipinski definition) is 5. The Hall–Kier alpha value is -1.86. The first-order valence-corrected chi connectivity index (χ1v) is 10.3. The van der Waals surface area contributed by atoms with Crippen LogP contribution in [0.4, 0.5) is 0 Å². The molecule has 0 radical (unpaired) electrons. The number of thioether (sulfide) groups is 1. The summed E-state index contributed by atoms with van der Waals surface area (Å²) in [5.41, 5.74) is 3.21. The van der Waals surface area contributed by atoms with Crippen molar-refractivity contribution in [3.8, 4) is 0 Å². The molecule has 1 fully saturated rings. The first-order chi connectivity index (χ1) is 12.6. The fourth-order valence-corrected chi connectivity index (χ4v) is 4.82. The lowest BCUT2D eigenvalue weighted by Gasteiger charge is -2.26. The van der Waals surface area contributed by atoms with Crippen LogP contribution >= 0.6 is 11.8 Å². The van der Waals surface area contributed by atoms with Crippen LogP contribution in [0.15, 0.2) is 33.9 Å². The van der Waals surface area contributed by atoms with Gasteiger partial charge in [-0.2, -0.15) is 16.9 Å². The molecule has 6 nitrogen and oxygen atoms in total. The van der Waals surface area contributed by atoms with Gasteiger partial charge in [-0.25, -0.2) is 4.68 Å². The van der Waals surface area contributed by atoms with Gasteiger partial charge in [0.1, 0.15) is 0 Å². The van der Waals surface area contributed by atoms with Gasteiger partial charge in [0, 0.05) is 49.6 Å². The molecule has 0 amide bonds. The van der Waals surface area contributed by atoms with Crippen molar-refractivity contribution in [3.05, 3.63) is 61.9 Å². The Kier molecular flexibility index (Phi) is 5.00. The summed E-state index contributed by atoms with van der Waals surface area (Å²) in [5, 5.41) is 4.66. The summed E-state index contributed by atoms with van der Waals surface area (Å²) in [7, 11) is 1.82. The molecule has 1 saturated heterocycles. The van der Waals surface area contributed by atoms with Gasteiger partial charge in [-0.3, -0.25) is 14.5 Å². The minimum Gasteiger partial charge on any atom is -0.314 e. The number of aromatic nitrogens is 3. The Labute approximate surface area is 156 Å². The quantitative estimate of drug-likeness (QED) is 0.812. The SMILES string of the molecule is Cn1c(CN2CCCC2Cn2nc3c(cc2=O)CSCC3)cccc1=O. The maximum atomic E-state index is 12.5.